The summed E-state index contributed by atoms with van der Waals surface area (Å²) in [7, 11) is 0. The van der Waals surface area contributed by atoms with Gasteiger partial charge in [0.25, 0.3) is 0 Å². The Labute approximate surface area is 165 Å². The van der Waals surface area contributed by atoms with E-state index in [0.29, 0.717) is 24.4 Å². The van der Waals surface area contributed by atoms with Crippen LogP contribution in [0.3, 0.4) is 0 Å². The van der Waals surface area contributed by atoms with Crippen LogP contribution in [0.2, 0.25) is 0 Å². The first-order chi connectivity index (χ1) is 13.5. The molecule has 0 aromatic heterocycles. The summed E-state index contributed by atoms with van der Waals surface area (Å²) >= 11 is 0. The Balaban J connectivity index is 2.03. The van der Waals surface area contributed by atoms with Crippen LogP contribution in [0.5, 0.6) is 0 Å². The Hall–Kier alpha value is -3.40. The molecule has 0 aliphatic heterocycles. The van der Waals surface area contributed by atoms with E-state index in [1.165, 1.54) is 0 Å². The molecular formula is C24H24O4. The van der Waals surface area contributed by atoms with Gasteiger partial charge in [0.15, 0.2) is 0 Å². The minimum absolute atomic E-state index is 0.324. The first-order valence-electron chi connectivity index (χ1n) is 9.07. The third-order valence-corrected chi connectivity index (χ3v) is 4.03. The first kappa shape index (κ1) is 20.9. The van der Waals surface area contributed by atoms with E-state index in [9.17, 15) is 9.59 Å². The largest absolute Gasteiger partial charge is 0.462 e. The fourth-order valence-electron chi connectivity index (χ4n) is 2.46. The monoisotopic (exact) mass is 376 g/mol. The Bertz CT molecular complexity index is 812. The van der Waals surface area contributed by atoms with Gasteiger partial charge < -0.3 is 9.47 Å². The number of carbonyl (C=O) groups is 2. The van der Waals surface area contributed by atoms with E-state index in [4.69, 9.17) is 9.47 Å². The second kappa shape index (κ2) is 10.1. The fraction of sp³-hybridized carbons (Fsp3) is 0.167. The van der Waals surface area contributed by atoms with Crippen LogP contribution >= 0.6 is 0 Å². The Morgan fingerprint density at radius 3 is 1.32 bits per heavy atom. The standard InChI is InChI=1S/C24H24O4/c1-5-27-23(25)17(3)21-13-9-19(10-14-21)7-8-20-11-15-22(16-12-20)18(4)24(26)28-6-2/h7-16H,3-6H2,1-2H3. The quantitative estimate of drug-likeness (QED) is 0.369. The van der Waals surface area contributed by atoms with E-state index in [-0.39, 0.29) is 0 Å². The van der Waals surface area contributed by atoms with Crippen LogP contribution in [0.15, 0.2) is 61.7 Å². The molecule has 0 fully saturated rings. The molecule has 0 atom stereocenters. The summed E-state index contributed by atoms with van der Waals surface area (Å²) < 4.78 is 9.92. The molecule has 0 unspecified atom stereocenters. The van der Waals surface area contributed by atoms with Crippen LogP contribution in [0.1, 0.15) is 36.1 Å². The maximum atomic E-state index is 11.7. The van der Waals surface area contributed by atoms with Gasteiger partial charge >= 0.3 is 11.9 Å². The van der Waals surface area contributed by atoms with Crippen LogP contribution < -0.4 is 0 Å². The van der Waals surface area contributed by atoms with E-state index in [0.717, 1.165) is 22.3 Å². The average Bonchev–Trinajstić information content (AvgIpc) is 2.72. The zero-order valence-corrected chi connectivity index (χ0v) is 16.2. The average molecular weight is 376 g/mol. The molecule has 0 aliphatic carbocycles. The molecule has 0 spiro atoms. The molecule has 4 heteroatoms. The zero-order valence-electron chi connectivity index (χ0n) is 16.2. The molecule has 0 N–H and O–H groups in total. The van der Waals surface area contributed by atoms with E-state index in [2.05, 4.69) is 13.2 Å². The van der Waals surface area contributed by atoms with Crippen molar-refractivity contribution >= 4 is 35.2 Å². The van der Waals surface area contributed by atoms with Gasteiger partial charge in [-0.3, -0.25) is 0 Å². The SMILES string of the molecule is C=C(C(=O)OCC)c1ccc(C=Cc2ccc(C(=C)C(=O)OCC)cc2)cc1. The molecule has 0 radical (unpaired) electrons. The summed E-state index contributed by atoms with van der Waals surface area (Å²) in [5.74, 6) is -0.814. The van der Waals surface area contributed by atoms with Gasteiger partial charge in [-0.05, 0) is 36.1 Å². The van der Waals surface area contributed by atoms with Gasteiger partial charge in [0.05, 0.1) is 24.4 Å². The molecule has 2 aromatic carbocycles. The highest BCUT2D eigenvalue weighted by Gasteiger charge is 2.10. The van der Waals surface area contributed by atoms with Crippen molar-refractivity contribution in [1.82, 2.24) is 0 Å². The van der Waals surface area contributed by atoms with E-state index >= 15 is 0 Å². The van der Waals surface area contributed by atoms with Gasteiger partial charge in [0, 0.05) is 0 Å². The first-order valence-corrected chi connectivity index (χ1v) is 9.07. The topological polar surface area (TPSA) is 52.6 Å². The van der Waals surface area contributed by atoms with E-state index in [1.807, 2.05) is 60.7 Å². The van der Waals surface area contributed by atoms with Crippen LogP contribution in [0.25, 0.3) is 23.3 Å². The maximum Gasteiger partial charge on any atom is 0.338 e. The highest BCUT2D eigenvalue weighted by atomic mass is 16.5. The second-order valence-electron chi connectivity index (χ2n) is 5.98. The summed E-state index contributed by atoms with van der Waals surface area (Å²) in [6, 6.07) is 15.0. The van der Waals surface area contributed by atoms with Gasteiger partial charge in [-0.1, -0.05) is 73.8 Å². The van der Waals surface area contributed by atoms with Crippen molar-refractivity contribution in [2.24, 2.45) is 0 Å². The van der Waals surface area contributed by atoms with E-state index < -0.39 is 11.9 Å². The van der Waals surface area contributed by atoms with Crippen molar-refractivity contribution < 1.29 is 19.1 Å². The minimum atomic E-state index is -0.407. The van der Waals surface area contributed by atoms with Crippen LogP contribution in [-0.2, 0) is 19.1 Å². The molecule has 0 aliphatic rings. The molecule has 0 saturated carbocycles. The van der Waals surface area contributed by atoms with Crippen molar-refractivity contribution in [3.63, 3.8) is 0 Å². The third kappa shape index (κ3) is 5.55. The highest BCUT2D eigenvalue weighted by Crippen LogP contribution is 2.18. The van der Waals surface area contributed by atoms with Gasteiger partial charge in [-0.2, -0.15) is 0 Å². The molecule has 2 rings (SSSR count). The number of esters is 2. The fourth-order valence-corrected chi connectivity index (χ4v) is 2.46. The molecule has 0 amide bonds. The minimum Gasteiger partial charge on any atom is -0.462 e. The lowest BCUT2D eigenvalue weighted by Crippen LogP contribution is -2.05. The van der Waals surface area contributed by atoms with Crippen molar-refractivity contribution in [2.75, 3.05) is 13.2 Å². The van der Waals surface area contributed by atoms with Gasteiger partial charge in [0.1, 0.15) is 0 Å². The summed E-state index contributed by atoms with van der Waals surface area (Å²) in [6.07, 6.45) is 3.93. The Kier molecular flexibility index (Phi) is 7.52. The number of hydrogen-bond acceptors (Lipinski definition) is 4. The Morgan fingerprint density at radius 2 is 1.04 bits per heavy atom. The zero-order chi connectivity index (χ0) is 20.5. The van der Waals surface area contributed by atoms with Crippen LogP contribution in [0, 0.1) is 0 Å². The van der Waals surface area contributed by atoms with Gasteiger partial charge in [0.2, 0.25) is 0 Å². The molecule has 28 heavy (non-hydrogen) atoms. The highest BCUT2D eigenvalue weighted by molar-refractivity contribution is 6.16. The summed E-state index contributed by atoms with van der Waals surface area (Å²) in [5.41, 5.74) is 4.13. The Morgan fingerprint density at radius 1 is 0.714 bits per heavy atom. The molecule has 0 heterocycles. The number of hydrogen-bond donors (Lipinski definition) is 0. The van der Waals surface area contributed by atoms with Crippen molar-refractivity contribution in [1.29, 1.82) is 0 Å². The van der Waals surface area contributed by atoms with E-state index in [1.54, 1.807) is 13.8 Å². The summed E-state index contributed by atoms with van der Waals surface area (Å²) in [6.45, 7) is 11.7. The van der Waals surface area contributed by atoms with Crippen molar-refractivity contribution in [2.45, 2.75) is 13.8 Å². The lowest BCUT2D eigenvalue weighted by Gasteiger charge is -2.06. The normalized spacial score (nSPS) is 10.5. The second-order valence-corrected chi connectivity index (χ2v) is 5.98. The third-order valence-electron chi connectivity index (χ3n) is 4.03. The number of rotatable bonds is 8. The molecule has 0 saturated heterocycles. The van der Waals surface area contributed by atoms with Crippen LogP contribution in [-0.4, -0.2) is 25.2 Å². The predicted molar refractivity (Wildman–Crippen MR) is 113 cm³/mol. The molecule has 2 aromatic rings. The molecule has 0 bridgehead atoms. The lowest BCUT2D eigenvalue weighted by atomic mass is 10.0. The molecule has 144 valence electrons. The number of carbonyl (C=O) groups excluding carboxylic acids is 2. The summed E-state index contributed by atoms with van der Waals surface area (Å²) in [5, 5.41) is 0. The van der Waals surface area contributed by atoms with Crippen molar-refractivity contribution in [3.05, 3.63) is 83.9 Å². The van der Waals surface area contributed by atoms with Gasteiger partial charge in [-0.25, -0.2) is 9.59 Å². The predicted octanol–water partition coefficient (Wildman–Crippen LogP) is 5.01. The van der Waals surface area contributed by atoms with Crippen LogP contribution in [0.4, 0.5) is 0 Å². The maximum absolute atomic E-state index is 11.7. The molecule has 4 nitrogen and oxygen atoms in total. The van der Waals surface area contributed by atoms with Gasteiger partial charge in [-0.15, -0.1) is 0 Å². The number of ether oxygens (including phenoxy) is 2. The number of benzene rings is 2. The lowest BCUT2D eigenvalue weighted by molar-refractivity contribution is -0.136. The molecular weight excluding hydrogens is 352 g/mol. The smallest absolute Gasteiger partial charge is 0.338 e. The van der Waals surface area contributed by atoms with Crippen molar-refractivity contribution in [3.8, 4) is 0 Å². The summed E-state index contributed by atoms with van der Waals surface area (Å²) in [4.78, 5) is 23.4.